The molecule has 10 nitrogen and oxygen atoms in total. The minimum atomic E-state index is -3.44. The molecule has 0 bridgehead atoms. The molecule has 3 aliphatic rings. The van der Waals surface area contributed by atoms with Gasteiger partial charge in [0.25, 0.3) is 0 Å². The molecule has 0 aromatic carbocycles. The van der Waals surface area contributed by atoms with Crippen LogP contribution in [0.2, 0.25) is 0 Å². The summed E-state index contributed by atoms with van der Waals surface area (Å²) in [4.78, 5) is 18.4. The average molecular weight is 462 g/mol. The van der Waals surface area contributed by atoms with E-state index in [4.69, 9.17) is 9.26 Å². The third kappa shape index (κ3) is 3.73. The number of amides is 2. The highest BCUT2D eigenvalue weighted by Gasteiger charge is 2.44. The van der Waals surface area contributed by atoms with Gasteiger partial charge in [-0.05, 0) is 44.2 Å². The Hall–Kier alpha value is -2.66. The zero-order valence-electron chi connectivity index (χ0n) is 18.2. The van der Waals surface area contributed by atoms with Crippen LogP contribution in [0.15, 0.2) is 16.8 Å². The standard InChI is InChI=1S/C21H27N5O5S/c1-13-19(14(2)31-24-13)23-21(27)25-11-18(12-25)32(28,29)26-6-3-15(4-7-26)17-9-16-5-8-30-20(16)22-10-17/h9-10,15,18H,3-8,11-12H2,1-2H3,(H,23,27). The highest BCUT2D eigenvalue weighted by Crippen LogP contribution is 2.34. The van der Waals surface area contributed by atoms with E-state index in [1.807, 2.05) is 6.20 Å². The molecule has 32 heavy (non-hydrogen) atoms. The Kier molecular flexibility index (Phi) is 5.32. The van der Waals surface area contributed by atoms with E-state index in [0.29, 0.717) is 42.8 Å². The SMILES string of the molecule is Cc1noc(C)c1NC(=O)N1CC(S(=O)(=O)N2CCC(c3cnc4c(c3)CCO4)CC2)C1. The number of aromatic nitrogens is 2. The van der Waals surface area contributed by atoms with Crippen LogP contribution in [-0.4, -0.2) is 71.8 Å². The number of piperidine rings is 1. The number of pyridine rings is 1. The minimum absolute atomic E-state index is 0.187. The maximum absolute atomic E-state index is 13.1. The van der Waals surface area contributed by atoms with Crippen molar-refractivity contribution < 1.29 is 22.5 Å². The molecule has 0 atom stereocenters. The summed E-state index contributed by atoms with van der Waals surface area (Å²) in [5.41, 5.74) is 3.43. The summed E-state index contributed by atoms with van der Waals surface area (Å²) >= 11 is 0. The largest absolute Gasteiger partial charge is 0.477 e. The van der Waals surface area contributed by atoms with Gasteiger partial charge < -0.3 is 19.5 Å². The number of anilines is 1. The van der Waals surface area contributed by atoms with Crippen molar-refractivity contribution >= 4 is 21.7 Å². The summed E-state index contributed by atoms with van der Waals surface area (Å²) in [6.07, 6.45) is 4.28. The maximum Gasteiger partial charge on any atom is 0.322 e. The molecule has 2 amide bonds. The van der Waals surface area contributed by atoms with Crippen molar-refractivity contribution in [2.24, 2.45) is 0 Å². The first-order valence-electron chi connectivity index (χ1n) is 10.9. The molecule has 5 rings (SSSR count). The predicted octanol–water partition coefficient (Wildman–Crippen LogP) is 2.05. The van der Waals surface area contributed by atoms with Crippen LogP contribution in [0.25, 0.3) is 0 Å². The number of urea groups is 1. The third-order valence-electron chi connectivity index (χ3n) is 6.66. The second kappa shape index (κ2) is 8.04. The first kappa shape index (κ1) is 21.2. The molecule has 11 heteroatoms. The topological polar surface area (TPSA) is 118 Å². The third-order valence-corrected chi connectivity index (χ3v) is 8.89. The maximum atomic E-state index is 13.1. The van der Waals surface area contributed by atoms with Gasteiger partial charge in [-0.1, -0.05) is 5.16 Å². The normalized spacial score (nSPS) is 20.0. The lowest BCUT2D eigenvalue weighted by atomic mass is 9.90. The first-order chi connectivity index (χ1) is 15.3. The van der Waals surface area contributed by atoms with Gasteiger partial charge >= 0.3 is 6.03 Å². The zero-order chi connectivity index (χ0) is 22.5. The van der Waals surface area contributed by atoms with Gasteiger partial charge in [0, 0.05) is 44.4 Å². The van der Waals surface area contributed by atoms with Gasteiger partial charge in [0.2, 0.25) is 15.9 Å². The van der Waals surface area contributed by atoms with Crippen LogP contribution >= 0.6 is 0 Å². The minimum Gasteiger partial charge on any atom is -0.477 e. The van der Waals surface area contributed by atoms with Crippen molar-refractivity contribution in [3.8, 4) is 5.88 Å². The number of rotatable bonds is 4. The van der Waals surface area contributed by atoms with Gasteiger partial charge in [-0.3, -0.25) is 0 Å². The number of carbonyl (C=O) groups is 1. The highest BCUT2D eigenvalue weighted by atomic mass is 32.2. The number of hydrogen-bond acceptors (Lipinski definition) is 7. The fourth-order valence-corrected chi connectivity index (χ4v) is 6.48. The van der Waals surface area contributed by atoms with E-state index in [2.05, 4.69) is 21.5 Å². The van der Waals surface area contributed by atoms with Crippen molar-refractivity contribution in [2.75, 3.05) is 38.1 Å². The number of nitrogens with one attached hydrogen (secondary N) is 1. The molecule has 2 aromatic heterocycles. The van der Waals surface area contributed by atoms with E-state index in [1.165, 1.54) is 4.90 Å². The lowest BCUT2D eigenvalue weighted by Gasteiger charge is -2.42. The molecular formula is C21H27N5O5S. The van der Waals surface area contributed by atoms with Gasteiger partial charge in [-0.2, -0.15) is 0 Å². The van der Waals surface area contributed by atoms with Crippen LogP contribution in [0.5, 0.6) is 5.88 Å². The van der Waals surface area contributed by atoms with Gasteiger partial charge in [-0.15, -0.1) is 0 Å². The van der Waals surface area contributed by atoms with Gasteiger partial charge in [0.1, 0.15) is 16.6 Å². The lowest BCUT2D eigenvalue weighted by molar-refractivity contribution is 0.179. The Balaban J connectivity index is 1.15. The smallest absolute Gasteiger partial charge is 0.322 e. The molecule has 0 unspecified atom stereocenters. The van der Waals surface area contributed by atoms with Gasteiger partial charge in [-0.25, -0.2) is 22.5 Å². The summed E-state index contributed by atoms with van der Waals surface area (Å²) in [7, 11) is -3.44. The Morgan fingerprint density at radius 1 is 1.22 bits per heavy atom. The molecule has 172 valence electrons. The van der Waals surface area contributed by atoms with Crippen molar-refractivity contribution in [3.63, 3.8) is 0 Å². The quantitative estimate of drug-likeness (QED) is 0.740. The molecule has 2 fully saturated rings. The molecule has 2 saturated heterocycles. The van der Waals surface area contributed by atoms with Crippen LogP contribution in [-0.2, 0) is 16.4 Å². The molecule has 1 N–H and O–H groups in total. The Bertz CT molecular complexity index is 1110. The van der Waals surface area contributed by atoms with Crippen molar-refractivity contribution in [1.82, 2.24) is 19.3 Å². The van der Waals surface area contributed by atoms with Crippen LogP contribution in [0.3, 0.4) is 0 Å². The van der Waals surface area contributed by atoms with Crippen LogP contribution in [0, 0.1) is 13.8 Å². The lowest BCUT2D eigenvalue weighted by Crippen LogP contribution is -2.61. The van der Waals surface area contributed by atoms with Gasteiger partial charge in [0.15, 0.2) is 5.76 Å². The monoisotopic (exact) mass is 461 g/mol. The van der Waals surface area contributed by atoms with Crippen LogP contribution in [0.1, 0.15) is 41.3 Å². The fraction of sp³-hybridized carbons (Fsp3) is 0.571. The first-order valence-corrected chi connectivity index (χ1v) is 12.4. The van der Waals surface area contributed by atoms with E-state index in [9.17, 15) is 13.2 Å². The summed E-state index contributed by atoms with van der Waals surface area (Å²) in [5.74, 6) is 1.55. The van der Waals surface area contributed by atoms with Crippen molar-refractivity contribution in [1.29, 1.82) is 0 Å². The predicted molar refractivity (Wildman–Crippen MR) is 116 cm³/mol. The zero-order valence-corrected chi connectivity index (χ0v) is 19.0. The molecule has 0 saturated carbocycles. The average Bonchev–Trinajstić information content (AvgIpc) is 3.34. The summed E-state index contributed by atoms with van der Waals surface area (Å²) in [6.45, 7) is 5.49. The number of likely N-dealkylation sites (tertiary alicyclic amines) is 1. The van der Waals surface area contributed by atoms with Crippen LogP contribution in [0.4, 0.5) is 10.5 Å². The second-order valence-corrected chi connectivity index (χ2v) is 10.9. The van der Waals surface area contributed by atoms with Crippen molar-refractivity contribution in [3.05, 3.63) is 34.8 Å². The molecule has 0 aliphatic carbocycles. The van der Waals surface area contributed by atoms with E-state index >= 15 is 0 Å². The molecule has 3 aliphatic heterocycles. The summed E-state index contributed by atoms with van der Waals surface area (Å²) < 4.78 is 38.3. The van der Waals surface area contributed by atoms with Crippen molar-refractivity contribution in [2.45, 2.75) is 44.3 Å². The number of fused-ring (bicyclic) bond motifs is 1. The fourth-order valence-electron chi connectivity index (χ4n) is 4.60. The number of sulfonamides is 1. The Morgan fingerprint density at radius 3 is 2.66 bits per heavy atom. The molecular weight excluding hydrogens is 434 g/mol. The van der Waals surface area contributed by atoms with Crippen LogP contribution < -0.4 is 10.1 Å². The Labute approximate surface area is 187 Å². The highest BCUT2D eigenvalue weighted by molar-refractivity contribution is 7.89. The van der Waals surface area contributed by atoms with E-state index in [0.717, 1.165) is 36.3 Å². The molecule has 5 heterocycles. The molecule has 0 spiro atoms. The van der Waals surface area contributed by atoms with E-state index in [-0.39, 0.29) is 19.1 Å². The van der Waals surface area contributed by atoms with E-state index in [1.54, 1.807) is 18.2 Å². The number of hydrogen-bond donors (Lipinski definition) is 1. The number of nitrogens with zero attached hydrogens (tertiary/aromatic N) is 4. The second-order valence-electron chi connectivity index (χ2n) is 8.71. The summed E-state index contributed by atoms with van der Waals surface area (Å²) in [5, 5.41) is 6.01. The van der Waals surface area contributed by atoms with E-state index < -0.39 is 15.3 Å². The number of carbonyl (C=O) groups excluding carboxylic acids is 1. The number of ether oxygens (including phenoxy) is 1. The Morgan fingerprint density at radius 2 is 1.97 bits per heavy atom. The summed E-state index contributed by atoms with van der Waals surface area (Å²) in [6, 6.07) is 1.82. The van der Waals surface area contributed by atoms with Gasteiger partial charge in [0.05, 0.1) is 6.61 Å². The molecule has 2 aromatic rings. The molecule has 0 radical (unpaired) electrons. The number of aryl methyl sites for hydroxylation is 2.